The first-order valence-electron chi connectivity index (χ1n) is 10.4. The highest BCUT2D eigenvalue weighted by atomic mass is 32.2. The summed E-state index contributed by atoms with van der Waals surface area (Å²) in [5.41, 5.74) is 4.06. The number of nitrogens with one attached hydrogen (secondary N) is 2. The van der Waals surface area contributed by atoms with Crippen LogP contribution < -0.4 is 24.2 Å². The van der Waals surface area contributed by atoms with Crippen molar-refractivity contribution < 1.29 is 23.8 Å². The lowest BCUT2D eigenvalue weighted by molar-refractivity contribution is 0.108. The number of methoxy groups -OCH3 is 3. The molecule has 0 fully saturated rings. The fourth-order valence-electron chi connectivity index (χ4n) is 3.29. The number of aromatic nitrogens is 3. The number of urea groups is 1. The van der Waals surface area contributed by atoms with Crippen LogP contribution in [0.2, 0.25) is 0 Å². The van der Waals surface area contributed by atoms with Gasteiger partial charge in [0, 0.05) is 23.2 Å². The molecule has 0 aliphatic heterocycles. The third-order valence-corrected chi connectivity index (χ3v) is 5.75. The zero-order valence-electron chi connectivity index (χ0n) is 19.5. The predicted molar refractivity (Wildman–Crippen MR) is 134 cm³/mol. The Morgan fingerprint density at radius 3 is 2.14 bits per heavy atom. The monoisotopic (exact) mass is 493 g/mol. The second kappa shape index (κ2) is 10.3. The van der Waals surface area contributed by atoms with Gasteiger partial charge in [-0.25, -0.2) is 4.79 Å². The molecule has 2 N–H and O–H groups in total. The maximum atomic E-state index is 12.6. The fourth-order valence-corrected chi connectivity index (χ4v) is 3.77. The Morgan fingerprint density at radius 2 is 1.51 bits per heavy atom. The minimum Gasteiger partial charge on any atom is -0.493 e. The Bertz CT molecular complexity index is 1360. The van der Waals surface area contributed by atoms with E-state index in [-0.39, 0.29) is 5.56 Å². The number of carbonyl (C=O) groups is 2. The number of nitrogens with zero attached hydrogens (tertiary/aromatic N) is 3. The van der Waals surface area contributed by atoms with Gasteiger partial charge in [-0.1, -0.05) is 17.7 Å². The van der Waals surface area contributed by atoms with Crippen LogP contribution in [0.25, 0.3) is 16.7 Å². The fraction of sp³-hybridized carbons (Fsp3) is 0.167. The van der Waals surface area contributed by atoms with E-state index in [4.69, 9.17) is 14.2 Å². The molecule has 0 aliphatic rings. The van der Waals surface area contributed by atoms with Crippen LogP contribution in [0.5, 0.6) is 17.2 Å². The third-order valence-electron chi connectivity index (χ3n) is 5.04. The summed E-state index contributed by atoms with van der Waals surface area (Å²) in [4.78, 5) is 26.5. The quantitative estimate of drug-likeness (QED) is 0.381. The highest BCUT2D eigenvalue weighted by Crippen LogP contribution is 2.38. The average Bonchev–Trinajstić information content (AvgIpc) is 3.30. The number of amides is 2. The standard InChI is InChI=1S/C24H23N5O5S/c1-14-5-8-17(9-6-14)29-26-18-10-7-16(13-19(18)27-29)25-24(31)28-35-23(30)15-11-20(32-2)22(34-4)21(12-15)33-3/h5-13H,1-4H3,(H2,25,28,31). The summed E-state index contributed by atoms with van der Waals surface area (Å²) in [6, 6.07) is 15.5. The molecule has 2 amide bonds. The molecule has 0 spiro atoms. The largest absolute Gasteiger partial charge is 0.493 e. The molecule has 1 heterocycles. The van der Waals surface area contributed by atoms with E-state index in [9.17, 15) is 9.59 Å². The Balaban J connectivity index is 1.41. The van der Waals surface area contributed by atoms with Crippen molar-refractivity contribution >= 4 is 39.8 Å². The number of hydrogen-bond donors (Lipinski definition) is 2. The summed E-state index contributed by atoms with van der Waals surface area (Å²) < 4.78 is 18.3. The second-order valence-corrected chi connectivity index (χ2v) is 8.17. The van der Waals surface area contributed by atoms with Gasteiger partial charge in [0.15, 0.2) is 11.5 Å². The van der Waals surface area contributed by atoms with Crippen molar-refractivity contribution in [1.29, 1.82) is 0 Å². The summed E-state index contributed by atoms with van der Waals surface area (Å²) in [6.45, 7) is 2.01. The molecule has 4 rings (SSSR count). The predicted octanol–water partition coefficient (Wildman–Crippen LogP) is 4.36. The summed E-state index contributed by atoms with van der Waals surface area (Å²) in [5.74, 6) is 1.05. The van der Waals surface area contributed by atoms with Crippen LogP contribution in [-0.2, 0) is 0 Å². The molecule has 4 aromatic rings. The van der Waals surface area contributed by atoms with Gasteiger partial charge in [-0.2, -0.15) is 4.80 Å². The van der Waals surface area contributed by atoms with Crippen molar-refractivity contribution in [3.63, 3.8) is 0 Å². The Hall–Kier alpha value is -4.25. The van der Waals surface area contributed by atoms with E-state index < -0.39 is 11.1 Å². The molecule has 0 atom stereocenters. The van der Waals surface area contributed by atoms with Crippen molar-refractivity contribution in [3.8, 4) is 22.9 Å². The van der Waals surface area contributed by atoms with Gasteiger partial charge in [0.25, 0.3) is 0 Å². The number of rotatable bonds is 6. The number of aryl methyl sites for hydroxylation is 1. The molecule has 0 saturated heterocycles. The Labute approximate surface area is 205 Å². The van der Waals surface area contributed by atoms with E-state index in [1.165, 1.54) is 33.5 Å². The number of hydrogen-bond acceptors (Lipinski definition) is 8. The molecular weight excluding hydrogens is 470 g/mol. The number of carbonyl (C=O) groups excluding carboxylic acids is 2. The van der Waals surface area contributed by atoms with Gasteiger partial charge >= 0.3 is 6.03 Å². The molecule has 10 nitrogen and oxygen atoms in total. The minimum absolute atomic E-state index is 0.277. The number of fused-ring (bicyclic) bond motifs is 1. The van der Waals surface area contributed by atoms with Gasteiger partial charge in [0.2, 0.25) is 10.9 Å². The van der Waals surface area contributed by atoms with E-state index in [2.05, 4.69) is 20.2 Å². The molecule has 0 radical (unpaired) electrons. The molecule has 11 heteroatoms. The van der Waals surface area contributed by atoms with Crippen molar-refractivity contribution in [2.24, 2.45) is 0 Å². The van der Waals surface area contributed by atoms with Crippen LogP contribution in [0.3, 0.4) is 0 Å². The van der Waals surface area contributed by atoms with Crippen molar-refractivity contribution in [2.75, 3.05) is 26.6 Å². The summed E-state index contributed by atoms with van der Waals surface area (Å²) in [5, 5.41) is 11.2. The first-order chi connectivity index (χ1) is 16.9. The van der Waals surface area contributed by atoms with Crippen LogP contribution in [0.4, 0.5) is 10.5 Å². The first-order valence-corrected chi connectivity index (χ1v) is 11.3. The molecule has 180 valence electrons. The van der Waals surface area contributed by atoms with Gasteiger partial charge < -0.3 is 19.5 Å². The van der Waals surface area contributed by atoms with Gasteiger partial charge in [0.1, 0.15) is 11.0 Å². The number of anilines is 1. The van der Waals surface area contributed by atoms with Crippen LogP contribution in [0, 0.1) is 6.92 Å². The summed E-state index contributed by atoms with van der Waals surface area (Å²) >= 11 is 0.630. The molecule has 0 aliphatic carbocycles. The Morgan fingerprint density at radius 1 is 0.857 bits per heavy atom. The average molecular weight is 494 g/mol. The highest BCUT2D eigenvalue weighted by Gasteiger charge is 2.18. The van der Waals surface area contributed by atoms with Crippen molar-refractivity contribution in [2.45, 2.75) is 6.92 Å². The van der Waals surface area contributed by atoms with Crippen molar-refractivity contribution in [1.82, 2.24) is 19.7 Å². The number of benzene rings is 3. The van der Waals surface area contributed by atoms with Gasteiger partial charge in [0.05, 0.1) is 27.0 Å². The van der Waals surface area contributed by atoms with E-state index in [1.807, 2.05) is 31.2 Å². The zero-order chi connectivity index (χ0) is 24.9. The van der Waals surface area contributed by atoms with Crippen molar-refractivity contribution in [3.05, 3.63) is 65.7 Å². The highest BCUT2D eigenvalue weighted by molar-refractivity contribution is 8.12. The molecule has 3 aromatic carbocycles. The molecule has 0 bridgehead atoms. The lowest BCUT2D eigenvalue weighted by Crippen LogP contribution is -2.24. The maximum absolute atomic E-state index is 12.6. The van der Waals surface area contributed by atoms with Crippen LogP contribution in [-0.4, -0.2) is 47.5 Å². The third kappa shape index (κ3) is 5.30. The minimum atomic E-state index is -0.568. The number of ether oxygens (including phenoxy) is 3. The molecule has 0 unspecified atom stereocenters. The van der Waals surface area contributed by atoms with Crippen LogP contribution in [0.15, 0.2) is 54.6 Å². The van der Waals surface area contributed by atoms with E-state index in [0.717, 1.165) is 11.3 Å². The SMILES string of the molecule is COc1cc(C(=O)SNC(=O)Nc2ccc3nn(-c4ccc(C)cc4)nc3c2)cc(OC)c1OC. The van der Waals surface area contributed by atoms with E-state index >= 15 is 0 Å². The topological polar surface area (TPSA) is 117 Å². The normalized spacial score (nSPS) is 10.6. The molecular formula is C24H23N5O5S. The Kier molecular flexibility index (Phi) is 7.06. The van der Waals surface area contributed by atoms with E-state index in [0.29, 0.717) is 45.9 Å². The van der Waals surface area contributed by atoms with Gasteiger partial charge in [-0.3, -0.25) is 9.52 Å². The van der Waals surface area contributed by atoms with Crippen LogP contribution >= 0.6 is 11.9 Å². The molecule has 0 saturated carbocycles. The molecule has 1 aromatic heterocycles. The van der Waals surface area contributed by atoms with Crippen LogP contribution in [0.1, 0.15) is 15.9 Å². The first kappa shape index (κ1) is 23.9. The van der Waals surface area contributed by atoms with Gasteiger partial charge in [-0.05, 0) is 49.4 Å². The molecule has 35 heavy (non-hydrogen) atoms. The second-order valence-electron chi connectivity index (χ2n) is 7.39. The maximum Gasteiger partial charge on any atom is 0.329 e. The summed E-state index contributed by atoms with van der Waals surface area (Å²) in [6.07, 6.45) is 0. The lowest BCUT2D eigenvalue weighted by Gasteiger charge is -2.13. The lowest BCUT2D eigenvalue weighted by atomic mass is 10.2. The van der Waals surface area contributed by atoms with Gasteiger partial charge in [-0.15, -0.1) is 10.2 Å². The zero-order valence-corrected chi connectivity index (χ0v) is 20.3. The van der Waals surface area contributed by atoms with E-state index in [1.54, 1.807) is 23.0 Å². The smallest absolute Gasteiger partial charge is 0.329 e. The summed E-state index contributed by atoms with van der Waals surface area (Å²) in [7, 11) is 4.39.